The van der Waals surface area contributed by atoms with Gasteiger partial charge in [-0.15, -0.1) is 0 Å². The molecule has 0 radical (unpaired) electrons. The Balaban J connectivity index is 1.98. The Morgan fingerprint density at radius 1 is 1.26 bits per heavy atom. The zero-order valence-corrected chi connectivity index (χ0v) is 13.2. The molecule has 0 N–H and O–H groups in total. The maximum Gasteiger partial charge on any atom is 0.0955 e. The lowest BCUT2D eigenvalue weighted by Crippen LogP contribution is -2.51. The van der Waals surface area contributed by atoms with Crippen molar-refractivity contribution < 1.29 is 4.74 Å². The first-order valence-electron chi connectivity index (χ1n) is 8.33. The third-order valence-corrected chi connectivity index (χ3v) is 6.38. The minimum atomic E-state index is 0.0837. The van der Waals surface area contributed by atoms with Gasteiger partial charge in [0.2, 0.25) is 0 Å². The Bertz CT molecular complexity index is 394. The summed E-state index contributed by atoms with van der Waals surface area (Å²) in [7, 11) is 0. The van der Waals surface area contributed by atoms with E-state index in [0.717, 1.165) is 5.92 Å². The van der Waals surface area contributed by atoms with E-state index in [4.69, 9.17) is 4.74 Å². The highest BCUT2D eigenvalue weighted by Gasteiger charge is 2.64. The van der Waals surface area contributed by atoms with Gasteiger partial charge < -0.3 is 4.74 Å². The van der Waals surface area contributed by atoms with Crippen molar-refractivity contribution in [2.75, 3.05) is 0 Å². The number of hydrogen-bond acceptors (Lipinski definition) is 1. The van der Waals surface area contributed by atoms with Gasteiger partial charge in [-0.25, -0.2) is 0 Å². The lowest BCUT2D eigenvalue weighted by Gasteiger charge is -2.52. The zero-order valence-electron chi connectivity index (χ0n) is 13.2. The summed E-state index contributed by atoms with van der Waals surface area (Å²) in [6.07, 6.45) is 13.0. The van der Waals surface area contributed by atoms with Gasteiger partial charge >= 0.3 is 0 Å². The van der Waals surface area contributed by atoms with Crippen molar-refractivity contribution in [2.45, 2.75) is 90.3 Å². The molecule has 108 valence electrons. The Labute approximate surface area is 118 Å². The van der Waals surface area contributed by atoms with E-state index in [1.165, 1.54) is 51.4 Å². The zero-order chi connectivity index (χ0) is 13.7. The predicted molar refractivity (Wildman–Crippen MR) is 80.2 cm³/mol. The van der Waals surface area contributed by atoms with Crippen LogP contribution < -0.4 is 0 Å². The molecular formula is C18H30O. The third-order valence-electron chi connectivity index (χ3n) is 6.38. The second kappa shape index (κ2) is 4.35. The molecule has 2 bridgehead atoms. The van der Waals surface area contributed by atoms with Crippen LogP contribution >= 0.6 is 0 Å². The fourth-order valence-electron chi connectivity index (χ4n) is 4.99. The Morgan fingerprint density at radius 2 is 2.05 bits per heavy atom. The van der Waals surface area contributed by atoms with Gasteiger partial charge in [-0.2, -0.15) is 0 Å². The molecule has 1 aliphatic heterocycles. The smallest absolute Gasteiger partial charge is 0.0955 e. The first-order valence-corrected chi connectivity index (χ1v) is 8.33. The van der Waals surface area contributed by atoms with E-state index in [9.17, 15) is 0 Å². The second-order valence-electron chi connectivity index (χ2n) is 7.90. The van der Waals surface area contributed by atoms with Crippen molar-refractivity contribution in [3.8, 4) is 0 Å². The highest BCUT2D eigenvalue weighted by Crippen LogP contribution is 2.65. The van der Waals surface area contributed by atoms with Gasteiger partial charge in [0.1, 0.15) is 0 Å². The number of hydrogen-bond donors (Lipinski definition) is 0. The van der Waals surface area contributed by atoms with Gasteiger partial charge in [0.05, 0.1) is 11.2 Å². The van der Waals surface area contributed by atoms with Crippen LogP contribution in [0.3, 0.4) is 0 Å². The Kier molecular flexibility index (Phi) is 3.13. The molecule has 1 heterocycles. The van der Waals surface area contributed by atoms with E-state index in [-0.39, 0.29) is 11.2 Å². The van der Waals surface area contributed by atoms with E-state index >= 15 is 0 Å². The molecule has 1 saturated heterocycles. The monoisotopic (exact) mass is 262 g/mol. The summed E-state index contributed by atoms with van der Waals surface area (Å²) < 4.78 is 6.81. The molecule has 0 aromatic carbocycles. The molecular weight excluding hydrogens is 232 g/mol. The van der Waals surface area contributed by atoms with E-state index < -0.39 is 0 Å². The maximum atomic E-state index is 6.81. The van der Waals surface area contributed by atoms with Crippen molar-refractivity contribution in [1.82, 2.24) is 0 Å². The molecule has 19 heavy (non-hydrogen) atoms. The molecule has 1 spiro atoms. The van der Waals surface area contributed by atoms with Crippen LogP contribution in [0.25, 0.3) is 0 Å². The van der Waals surface area contributed by atoms with Crippen molar-refractivity contribution >= 4 is 0 Å². The van der Waals surface area contributed by atoms with Crippen molar-refractivity contribution in [3.63, 3.8) is 0 Å². The molecule has 1 saturated carbocycles. The average Bonchev–Trinajstić information content (AvgIpc) is 2.58. The summed E-state index contributed by atoms with van der Waals surface area (Å²) in [5.41, 5.74) is 2.22. The van der Waals surface area contributed by atoms with Crippen LogP contribution in [0, 0.1) is 11.3 Å². The van der Waals surface area contributed by atoms with Gasteiger partial charge in [0.25, 0.3) is 0 Å². The summed E-state index contributed by atoms with van der Waals surface area (Å²) in [4.78, 5) is 0. The minimum Gasteiger partial charge on any atom is -0.364 e. The molecule has 1 heteroatoms. The van der Waals surface area contributed by atoms with E-state index in [1.807, 2.05) is 0 Å². The topological polar surface area (TPSA) is 9.23 Å². The number of rotatable bonds is 3. The van der Waals surface area contributed by atoms with Gasteiger partial charge in [-0.1, -0.05) is 26.3 Å². The quantitative estimate of drug-likeness (QED) is 0.631. The molecule has 3 atom stereocenters. The molecule has 0 amide bonds. The third kappa shape index (κ3) is 1.84. The van der Waals surface area contributed by atoms with Crippen LogP contribution in [0.2, 0.25) is 0 Å². The van der Waals surface area contributed by atoms with Gasteiger partial charge in [0.15, 0.2) is 0 Å². The van der Waals surface area contributed by atoms with E-state index in [2.05, 4.69) is 33.8 Å². The maximum absolute atomic E-state index is 6.81. The second-order valence-corrected chi connectivity index (χ2v) is 7.90. The largest absolute Gasteiger partial charge is 0.364 e. The Morgan fingerprint density at radius 3 is 2.79 bits per heavy atom. The highest BCUT2D eigenvalue weighted by atomic mass is 16.5. The van der Waals surface area contributed by atoms with E-state index in [0.29, 0.717) is 5.41 Å². The molecule has 3 aliphatic rings. The van der Waals surface area contributed by atoms with Crippen LogP contribution in [-0.4, -0.2) is 11.2 Å². The van der Waals surface area contributed by atoms with Crippen LogP contribution in [-0.2, 0) is 4.74 Å². The molecule has 1 nitrogen and oxygen atoms in total. The summed E-state index contributed by atoms with van der Waals surface area (Å²) in [5, 5.41) is 0. The summed E-state index contributed by atoms with van der Waals surface area (Å²) in [5.74, 6) is 0.767. The number of ether oxygens (including phenoxy) is 1. The van der Waals surface area contributed by atoms with Crippen molar-refractivity contribution in [1.29, 1.82) is 0 Å². The lowest BCUT2D eigenvalue weighted by molar-refractivity contribution is -0.132. The van der Waals surface area contributed by atoms with Gasteiger partial charge in [-0.3, -0.25) is 0 Å². The predicted octanol–water partition coefficient (Wildman–Crippen LogP) is 5.25. The van der Waals surface area contributed by atoms with Gasteiger partial charge in [-0.05, 0) is 70.3 Å². The summed E-state index contributed by atoms with van der Waals surface area (Å²) in [6.45, 7) is 9.45. The number of fused-ring (bicyclic) bond motifs is 1. The molecule has 0 aromatic heterocycles. The lowest BCUT2D eigenvalue weighted by atomic mass is 9.55. The molecule has 3 unspecified atom stereocenters. The van der Waals surface area contributed by atoms with Gasteiger partial charge in [0, 0.05) is 5.41 Å². The fraction of sp³-hybridized carbons (Fsp3) is 0.889. The Hall–Kier alpha value is -0.300. The molecule has 2 aliphatic carbocycles. The molecule has 0 aromatic rings. The summed E-state index contributed by atoms with van der Waals surface area (Å²) in [6, 6.07) is 0. The highest BCUT2D eigenvalue weighted by molar-refractivity contribution is 5.31. The average molecular weight is 262 g/mol. The van der Waals surface area contributed by atoms with Crippen molar-refractivity contribution in [3.05, 3.63) is 11.6 Å². The van der Waals surface area contributed by atoms with Crippen LogP contribution in [0.4, 0.5) is 0 Å². The first-order chi connectivity index (χ1) is 8.94. The van der Waals surface area contributed by atoms with Crippen LogP contribution in [0.5, 0.6) is 0 Å². The molecule has 2 fully saturated rings. The fourth-order valence-corrected chi connectivity index (χ4v) is 4.99. The minimum absolute atomic E-state index is 0.0837. The number of unbranched alkanes of at least 4 members (excludes halogenated alkanes) is 1. The standard InChI is InChI=1S/C18H30O/c1-5-6-8-14-9-7-11-17(4)12-10-15-13-18(14,17)19-16(15,2)3/h9,15H,5-8,10-13H2,1-4H3. The number of allylic oxidation sites excluding steroid dienone is 1. The first kappa shape index (κ1) is 13.7. The van der Waals surface area contributed by atoms with E-state index in [1.54, 1.807) is 5.57 Å². The van der Waals surface area contributed by atoms with Crippen molar-refractivity contribution in [2.24, 2.45) is 11.3 Å². The molecule has 3 rings (SSSR count). The summed E-state index contributed by atoms with van der Waals surface area (Å²) >= 11 is 0. The normalized spacial score (nSPS) is 43.8. The SMILES string of the molecule is CCCCC1=CCCC2(C)CCC3CC12OC3(C)C. The van der Waals surface area contributed by atoms with Crippen LogP contribution in [0.15, 0.2) is 11.6 Å². The van der Waals surface area contributed by atoms with Crippen LogP contribution in [0.1, 0.15) is 79.1 Å².